The smallest absolute Gasteiger partial charge is 0.336 e. The summed E-state index contributed by atoms with van der Waals surface area (Å²) in [6.45, 7) is 0. The first-order valence-corrected chi connectivity index (χ1v) is 6.76. The van der Waals surface area contributed by atoms with Crippen LogP contribution in [0.1, 0.15) is 20.7 Å². The maximum absolute atomic E-state index is 12.2. The van der Waals surface area contributed by atoms with Crippen LogP contribution in [0, 0.1) is 10.1 Å². The molecule has 0 saturated carbocycles. The molecule has 1 amide bonds. The number of carboxylic acid groups (broad SMARTS) is 1. The molecule has 2 rings (SSSR count). The third-order valence-electron chi connectivity index (χ3n) is 2.77. The number of nitro groups is 1. The standard InChI is InChI=1S/C14H9BrN2O5/c15-8-2-1-3-9(6-8)16-13(18)12-7-10(17(21)22)4-5-11(12)14(19)20/h1-7H,(H,16,18)(H,19,20). The number of carbonyl (C=O) groups excluding carboxylic acids is 1. The van der Waals surface area contributed by atoms with Gasteiger partial charge in [0, 0.05) is 22.3 Å². The summed E-state index contributed by atoms with van der Waals surface area (Å²) in [6, 6.07) is 9.69. The molecule has 0 aliphatic rings. The van der Waals surface area contributed by atoms with Crippen molar-refractivity contribution in [2.45, 2.75) is 0 Å². The molecule has 2 aromatic carbocycles. The minimum Gasteiger partial charge on any atom is -0.478 e. The van der Waals surface area contributed by atoms with E-state index in [0.29, 0.717) is 5.69 Å². The van der Waals surface area contributed by atoms with Crippen molar-refractivity contribution < 1.29 is 19.6 Å². The number of hydrogen-bond donors (Lipinski definition) is 2. The lowest BCUT2D eigenvalue weighted by molar-refractivity contribution is -0.384. The van der Waals surface area contributed by atoms with Gasteiger partial charge in [0.1, 0.15) is 0 Å². The van der Waals surface area contributed by atoms with Crippen molar-refractivity contribution in [2.75, 3.05) is 5.32 Å². The Morgan fingerprint density at radius 3 is 2.45 bits per heavy atom. The molecule has 0 aromatic heterocycles. The first-order valence-electron chi connectivity index (χ1n) is 5.97. The zero-order chi connectivity index (χ0) is 16.3. The molecule has 0 fully saturated rings. The van der Waals surface area contributed by atoms with E-state index in [1.54, 1.807) is 24.3 Å². The van der Waals surface area contributed by atoms with Crippen LogP contribution in [0.3, 0.4) is 0 Å². The minimum atomic E-state index is -1.34. The lowest BCUT2D eigenvalue weighted by atomic mass is 10.1. The van der Waals surface area contributed by atoms with Crippen molar-refractivity contribution in [1.82, 2.24) is 0 Å². The molecule has 22 heavy (non-hydrogen) atoms. The Morgan fingerprint density at radius 1 is 1.14 bits per heavy atom. The van der Waals surface area contributed by atoms with Gasteiger partial charge in [-0.2, -0.15) is 0 Å². The molecule has 0 aliphatic heterocycles. The predicted molar refractivity (Wildman–Crippen MR) is 82.2 cm³/mol. The average molecular weight is 365 g/mol. The van der Waals surface area contributed by atoms with E-state index in [0.717, 1.165) is 22.7 Å². The molecule has 0 atom stereocenters. The van der Waals surface area contributed by atoms with Crippen molar-refractivity contribution >= 4 is 39.2 Å². The first-order chi connectivity index (χ1) is 10.4. The van der Waals surface area contributed by atoms with E-state index in [-0.39, 0.29) is 16.8 Å². The monoisotopic (exact) mass is 364 g/mol. The maximum atomic E-state index is 12.2. The van der Waals surface area contributed by atoms with Gasteiger partial charge in [-0.25, -0.2) is 4.79 Å². The summed E-state index contributed by atoms with van der Waals surface area (Å²) >= 11 is 3.24. The fraction of sp³-hybridized carbons (Fsp3) is 0. The summed E-state index contributed by atoms with van der Waals surface area (Å²) in [5.41, 5.74) is -0.508. The van der Waals surface area contributed by atoms with Crippen LogP contribution in [0.2, 0.25) is 0 Å². The SMILES string of the molecule is O=C(O)c1ccc([N+](=O)[O-])cc1C(=O)Nc1cccc(Br)c1. The first kappa shape index (κ1) is 15.6. The van der Waals surface area contributed by atoms with Gasteiger partial charge in [-0.05, 0) is 24.3 Å². The molecule has 0 radical (unpaired) electrons. The molecule has 0 aliphatic carbocycles. The molecule has 2 N–H and O–H groups in total. The van der Waals surface area contributed by atoms with Crippen molar-refractivity contribution in [3.05, 3.63) is 68.2 Å². The molecule has 2 aromatic rings. The summed E-state index contributed by atoms with van der Waals surface area (Å²) in [4.78, 5) is 33.5. The van der Waals surface area contributed by atoms with E-state index in [1.807, 2.05) is 0 Å². The highest BCUT2D eigenvalue weighted by Crippen LogP contribution is 2.21. The number of non-ortho nitro benzene ring substituents is 1. The molecular formula is C14H9BrN2O5. The van der Waals surface area contributed by atoms with Crippen LogP contribution < -0.4 is 5.32 Å². The third-order valence-corrected chi connectivity index (χ3v) is 3.26. The Bertz CT molecular complexity index is 776. The third kappa shape index (κ3) is 3.47. The summed E-state index contributed by atoms with van der Waals surface area (Å²) in [5, 5.41) is 22.4. The van der Waals surface area contributed by atoms with Crippen LogP contribution in [0.15, 0.2) is 46.9 Å². The number of aromatic carboxylic acids is 1. The highest BCUT2D eigenvalue weighted by atomic mass is 79.9. The number of anilines is 1. The van der Waals surface area contributed by atoms with Crippen LogP contribution in [0.4, 0.5) is 11.4 Å². The molecule has 0 heterocycles. The Labute approximate surface area is 132 Å². The number of benzene rings is 2. The number of halogens is 1. The Morgan fingerprint density at radius 2 is 1.86 bits per heavy atom. The lowest BCUT2D eigenvalue weighted by Gasteiger charge is -2.08. The van der Waals surface area contributed by atoms with Crippen molar-refractivity contribution in [2.24, 2.45) is 0 Å². The van der Waals surface area contributed by atoms with Gasteiger partial charge in [-0.3, -0.25) is 14.9 Å². The second kappa shape index (κ2) is 6.35. The average Bonchev–Trinajstić information content (AvgIpc) is 2.46. The van der Waals surface area contributed by atoms with Gasteiger partial charge in [-0.15, -0.1) is 0 Å². The zero-order valence-corrected chi connectivity index (χ0v) is 12.5. The second-order valence-electron chi connectivity index (χ2n) is 4.26. The molecule has 0 unspecified atom stereocenters. The number of carboxylic acids is 1. The molecule has 0 saturated heterocycles. The van der Waals surface area contributed by atoms with E-state index < -0.39 is 16.8 Å². The molecule has 8 heteroatoms. The van der Waals surface area contributed by atoms with Crippen molar-refractivity contribution in [3.8, 4) is 0 Å². The summed E-state index contributed by atoms with van der Waals surface area (Å²) < 4.78 is 0.725. The lowest BCUT2D eigenvalue weighted by Crippen LogP contribution is -2.16. The molecule has 0 spiro atoms. The molecule has 112 valence electrons. The fourth-order valence-electron chi connectivity index (χ4n) is 1.78. The fourth-order valence-corrected chi connectivity index (χ4v) is 2.18. The van der Waals surface area contributed by atoms with E-state index in [4.69, 9.17) is 5.11 Å². The van der Waals surface area contributed by atoms with Gasteiger partial charge in [0.05, 0.1) is 16.1 Å². The van der Waals surface area contributed by atoms with Gasteiger partial charge >= 0.3 is 5.97 Å². The quantitative estimate of drug-likeness (QED) is 0.638. The topological polar surface area (TPSA) is 110 Å². The highest BCUT2D eigenvalue weighted by molar-refractivity contribution is 9.10. The summed E-state index contributed by atoms with van der Waals surface area (Å²) in [5.74, 6) is -2.08. The van der Waals surface area contributed by atoms with Gasteiger partial charge in [0.25, 0.3) is 11.6 Å². The van der Waals surface area contributed by atoms with Gasteiger partial charge in [0.2, 0.25) is 0 Å². The van der Waals surface area contributed by atoms with Crippen LogP contribution >= 0.6 is 15.9 Å². The molecule has 0 bridgehead atoms. The number of amides is 1. The minimum absolute atomic E-state index is 0.276. The van der Waals surface area contributed by atoms with Crippen LogP contribution in [0.25, 0.3) is 0 Å². The van der Waals surface area contributed by atoms with Crippen LogP contribution in [-0.4, -0.2) is 21.9 Å². The van der Waals surface area contributed by atoms with E-state index in [9.17, 15) is 19.7 Å². The predicted octanol–water partition coefficient (Wildman–Crippen LogP) is 3.31. The van der Waals surface area contributed by atoms with Crippen molar-refractivity contribution in [1.29, 1.82) is 0 Å². The van der Waals surface area contributed by atoms with Gasteiger partial charge < -0.3 is 10.4 Å². The Kier molecular flexibility index (Phi) is 4.52. The van der Waals surface area contributed by atoms with Crippen LogP contribution in [-0.2, 0) is 0 Å². The van der Waals surface area contributed by atoms with E-state index >= 15 is 0 Å². The van der Waals surface area contributed by atoms with E-state index in [2.05, 4.69) is 21.2 Å². The van der Waals surface area contributed by atoms with Gasteiger partial charge in [0.15, 0.2) is 0 Å². The van der Waals surface area contributed by atoms with Crippen molar-refractivity contribution in [3.63, 3.8) is 0 Å². The summed E-state index contributed by atoms with van der Waals surface area (Å²) in [6.07, 6.45) is 0. The highest BCUT2D eigenvalue weighted by Gasteiger charge is 2.20. The molecule has 7 nitrogen and oxygen atoms in total. The number of rotatable bonds is 4. The summed E-state index contributed by atoms with van der Waals surface area (Å²) in [7, 11) is 0. The number of carbonyl (C=O) groups is 2. The number of nitrogens with one attached hydrogen (secondary N) is 1. The van der Waals surface area contributed by atoms with Gasteiger partial charge in [-0.1, -0.05) is 22.0 Å². The molecular weight excluding hydrogens is 356 g/mol. The Balaban J connectivity index is 2.40. The zero-order valence-electron chi connectivity index (χ0n) is 10.9. The second-order valence-corrected chi connectivity index (χ2v) is 5.17. The number of nitro benzene ring substituents is 1. The largest absolute Gasteiger partial charge is 0.478 e. The normalized spacial score (nSPS) is 10.0. The maximum Gasteiger partial charge on any atom is 0.336 e. The van der Waals surface area contributed by atoms with E-state index in [1.165, 1.54) is 0 Å². The van der Waals surface area contributed by atoms with Crippen LogP contribution in [0.5, 0.6) is 0 Å². The Hall–Kier alpha value is -2.74. The number of nitrogens with zero attached hydrogens (tertiary/aromatic N) is 1. The number of hydrogen-bond acceptors (Lipinski definition) is 4.